The first kappa shape index (κ1) is 17.7. The van der Waals surface area contributed by atoms with Crippen LogP contribution in [-0.4, -0.2) is 24.8 Å². The Morgan fingerprint density at radius 2 is 1.79 bits per heavy atom. The number of hydrogen-bond donors (Lipinski definition) is 1. The molecule has 2 aromatic rings. The molecule has 0 aliphatic rings. The minimum Gasteiger partial charge on any atom is -0.480 e. The molecule has 126 valence electrons. The summed E-state index contributed by atoms with van der Waals surface area (Å²) in [5.74, 6) is 0.500. The van der Waals surface area contributed by atoms with Crippen LogP contribution in [0.25, 0.3) is 0 Å². The van der Waals surface area contributed by atoms with Gasteiger partial charge in [-0.3, -0.25) is 9.59 Å². The van der Waals surface area contributed by atoms with Crippen molar-refractivity contribution >= 4 is 12.2 Å². The number of rotatable bonds is 8. The molecule has 1 amide bonds. The highest BCUT2D eigenvalue weighted by Crippen LogP contribution is 2.19. The third-order valence-electron chi connectivity index (χ3n) is 4.01. The van der Waals surface area contributed by atoms with Crippen LogP contribution in [0.2, 0.25) is 0 Å². The number of carbonyl (C=O) groups is 2. The molecule has 0 heterocycles. The van der Waals surface area contributed by atoms with Gasteiger partial charge < -0.3 is 10.1 Å². The van der Waals surface area contributed by atoms with Crippen molar-refractivity contribution < 1.29 is 14.3 Å². The molecule has 0 aromatic heterocycles. The molecule has 0 radical (unpaired) electrons. The molecule has 2 atom stereocenters. The molecule has 1 N–H and O–H groups in total. The molecule has 0 saturated carbocycles. The molecule has 0 aliphatic heterocycles. The van der Waals surface area contributed by atoms with E-state index in [2.05, 4.69) is 24.4 Å². The van der Waals surface area contributed by atoms with Gasteiger partial charge in [-0.15, -0.1) is 0 Å². The molecule has 0 bridgehead atoms. The van der Waals surface area contributed by atoms with E-state index in [0.717, 1.165) is 12.7 Å². The number of ether oxygens (including phenoxy) is 1. The van der Waals surface area contributed by atoms with Crippen LogP contribution in [0.15, 0.2) is 54.6 Å². The van der Waals surface area contributed by atoms with Gasteiger partial charge in [0.2, 0.25) is 0 Å². The van der Waals surface area contributed by atoms with Crippen molar-refractivity contribution in [3.05, 3.63) is 65.7 Å². The van der Waals surface area contributed by atoms with Crippen LogP contribution >= 0.6 is 0 Å². The molecular formula is C20H23NO3. The lowest BCUT2D eigenvalue weighted by atomic mass is 9.96. The van der Waals surface area contributed by atoms with Gasteiger partial charge in [0.1, 0.15) is 5.75 Å². The molecule has 4 nitrogen and oxygen atoms in total. The second-order valence-electron chi connectivity index (χ2n) is 5.68. The summed E-state index contributed by atoms with van der Waals surface area (Å²) < 4.78 is 5.63. The largest absolute Gasteiger partial charge is 0.480 e. The summed E-state index contributed by atoms with van der Waals surface area (Å²) in [5, 5.41) is 2.94. The summed E-state index contributed by atoms with van der Waals surface area (Å²) in [6.45, 7) is 4.34. The molecule has 2 rings (SSSR count). The predicted octanol–water partition coefficient (Wildman–Crippen LogP) is 3.58. The summed E-state index contributed by atoms with van der Waals surface area (Å²) in [5.41, 5.74) is 1.65. The van der Waals surface area contributed by atoms with E-state index in [1.165, 1.54) is 5.56 Å². The van der Waals surface area contributed by atoms with Crippen LogP contribution in [0.3, 0.4) is 0 Å². The van der Waals surface area contributed by atoms with Gasteiger partial charge in [-0.25, -0.2) is 0 Å². The maximum Gasteiger partial charge on any atom is 0.260 e. The van der Waals surface area contributed by atoms with Gasteiger partial charge >= 0.3 is 0 Å². The smallest absolute Gasteiger partial charge is 0.260 e. The van der Waals surface area contributed by atoms with E-state index in [0.29, 0.717) is 17.9 Å². The minimum atomic E-state index is -0.667. The van der Waals surface area contributed by atoms with Crippen molar-refractivity contribution in [1.82, 2.24) is 5.32 Å². The average molecular weight is 325 g/mol. The van der Waals surface area contributed by atoms with E-state index >= 15 is 0 Å². The first-order valence-electron chi connectivity index (χ1n) is 8.19. The zero-order valence-corrected chi connectivity index (χ0v) is 14.1. The Hall–Kier alpha value is -2.62. The maximum atomic E-state index is 12.3. The lowest BCUT2D eigenvalue weighted by Crippen LogP contribution is -2.38. The highest BCUT2D eigenvalue weighted by molar-refractivity contribution is 5.82. The highest BCUT2D eigenvalue weighted by Gasteiger charge is 2.18. The fourth-order valence-electron chi connectivity index (χ4n) is 2.52. The summed E-state index contributed by atoms with van der Waals surface area (Å²) in [4.78, 5) is 23.3. The fourth-order valence-corrected chi connectivity index (χ4v) is 2.52. The lowest BCUT2D eigenvalue weighted by Gasteiger charge is -2.19. The Kier molecular flexibility index (Phi) is 6.55. The van der Waals surface area contributed by atoms with Gasteiger partial charge in [0.05, 0.1) is 5.56 Å². The molecule has 24 heavy (non-hydrogen) atoms. The van der Waals surface area contributed by atoms with Crippen molar-refractivity contribution in [1.29, 1.82) is 0 Å². The summed E-state index contributed by atoms with van der Waals surface area (Å²) in [6.07, 6.45) is 0.995. The van der Waals surface area contributed by atoms with Crippen LogP contribution in [0.5, 0.6) is 5.75 Å². The Bertz CT molecular complexity index is 670. The van der Waals surface area contributed by atoms with E-state index in [9.17, 15) is 9.59 Å². The van der Waals surface area contributed by atoms with Crippen LogP contribution in [-0.2, 0) is 4.79 Å². The first-order chi connectivity index (χ1) is 11.7. The quantitative estimate of drug-likeness (QED) is 0.755. The van der Waals surface area contributed by atoms with Gasteiger partial charge in [0, 0.05) is 12.5 Å². The van der Waals surface area contributed by atoms with E-state index in [4.69, 9.17) is 4.74 Å². The molecule has 4 heteroatoms. The maximum absolute atomic E-state index is 12.3. The first-order valence-corrected chi connectivity index (χ1v) is 8.19. The van der Waals surface area contributed by atoms with Gasteiger partial charge in [-0.1, -0.05) is 49.4 Å². The third-order valence-corrected chi connectivity index (χ3v) is 4.01. The Morgan fingerprint density at radius 1 is 1.12 bits per heavy atom. The molecule has 0 spiro atoms. The van der Waals surface area contributed by atoms with Gasteiger partial charge in [-0.05, 0) is 31.0 Å². The van der Waals surface area contributed by atoms with E-state index in [1.807, 2.05) is 18.2 Å². The molecule has 2 aromatic carbocycles. The van der Waals surface area contributed by atoms with Gasteiger partial charge in [0.25, 0.3) is 5.91 Å². The molecule has 0 aliphatic carbocycles. The van der Waals surface area contributed by atoms with Crippen molar-refractivity contribution in [3.8, 4) is 5.75 Å². The standard InChI is InChI=1S/C20H23NO3/c1-3-16(17-9-5-4-6-10-17)13-21-20(23)15(2)24-19-12-8-7-11-18(19)14-22/h4-12,14-16H,3,13H2,1-2H3,(H,21,23)/t15-,16+/m1/s1. The number of aldehydes is 1. The monoisotopic (exact) mass is 325 g/mol. The number of hydrogen-bond acceptors (Lipinski definition) is 3. The van der Waals surface area contributed by atoms with Crippen molar-refractivity contribution in [2.45, 2.75) is 32.3 Å². The SMILES string of the molecule is CC[C@@H](CNC(=O)[C@@H](C)Oc1ccccc1C=O)c1ccccc1. The number of para-hydroxylation sites is 1. The second kappa shape index (κ2) is 8.87. The van der Waals surface area contributed by atoms with E-state index in [-0.39, 0.29) is 11.8 Å². The lowest BCUT2D eigenvalue weighted by molar-refractivity contribution is -0.127. The van der Waals surface area contributed by atoms with Gasteiger partial charge in [0.15, 0.2) is 12.4 Å². The van der Waals surface area contributed by atoms with Crippen molar-refractivity contribution in [2.75, 3.05) is 6.54 Å². The van der Waals surface area contributed by atoms with Crippen LogP contribution in [0, 0.1) is 0 Å². The Morgan fingerprint density at radius 3 is 2.46 bits per heavy atom. The number of nitrogens with one attached hydrogen (secondary N) is 1. The Labute approximate surface area is 142 Å². The summed E-state index contributed by atoms with van der Waals surface area (Å²) in [6, 6.07) is 17.0. The zero-order valence-electron chi connectivity index (χ0n) is 14.1. The highest BCUT2D eigenvalue weighted by atomic mass is 16.5. The van der Waals surface area contributed by atoms with Gasteiger partial charge in [-0.2, -0.15) is 0 Å². The van der Waals surface area contributed by atoms with Crippen molar-refractivity contribution in [2.24, 2.45) is 0 Å². The molecule has 0 unspecified atom stereocenters. The van der Waals surface area contributed by atoms with Crippen molar-refractivity contribution in [3.63, 3.8) is 0 Å². The molecule has 0 saturated heterocycles. The predicted molar refractivity (Wildman–Crippen MR) is 94.4 cm³/mol. The topological polar surface area (TPSA) is 55.4 Å². The van der Waals surface area contributed by atoms with Crippen LogP contribution in [0.1, 0.15) is 42.1 Å². The second-order valence-corrected chi connectivity index (χ2v) is 5.68. The van der Waals surface area contributed by atoms with E-state index in [1.54, 1.807) is 31.2 Å². The average Bonchev–Trinajstić information content (AvgIpc) is 2.63. The van der Waals surface area contributed by atoms with Crippen LogP contribution < -0.4 is 10.1 Å². The summed E-state index contributed by atoms with van der Waals surface area (Å²) in [7, 11) is 0. The summed E-state index contributed by atoms with van der Waals surface area (Å²) >= 11 is 0. The number of carbonyl (C=O) groups excluding carboxylic acids is 2. The Balaban J connectivity index is 1.92. The third kappa shape index (κ3) is 4.69. The fraction of sp³-hybridized carbons (Fsp3) is 0.300. The number of benzene rings is 2. The number of amides is 1. The van der Waals surface area contributed by atoms with Crippen LogP contribution in [0.4, 0.5) is 0 Å². The molecular weight excluding hydrogens is 302 g/mol. The zero-order chi connectivity index (χ0) is 17.4. The van der Waals surface area contributed by atoms with E-state index < -0.39 is 6.10 Å². The normalized spacial score (nSPS) is 12.9. The minimum absolute atomic E-state index is 0.190. The molecule has 0 fully saturated rings.